The van der Waals surface area contributed by atoms with E-state index in [-0.39, 0.29) is 11.6 Å². The van der Waals surface area contributed by atoms with Crippen LogP contribution in [0.2, 0.25) is 0 Å². The summed E-state index contributed by atoms with van der Waals surface area (Å²) in [6.07, 6.45) is 5.32. The third-order valence-corrected chi connectivity index (χ3v) is 2.20. The fourth-order valence-corrected chi connectivity index (χ4v) is 1.64. The Balaban J connectivity index is 2.47. The van der Waals surface area contributed by atoms with Gasteiger partial charge in [-0.15, -0.1) is 0 Å². The van der Waals surface area contributed by atoms with Crippen LogP contribution in [0.1, 0.15) is 19.3 Å². The van der Waals surface area contributed by atoms with Crippen LogP contribution in [0.25, 0.3) is 0 Å². The van der Waals surface area contributed by atoms with E-state index in [0.717, 1.165) is 30.4 Å². The molecule has 0 aromatic heterocycles. The van der Waals surface area contributed by atoms with Crippen LogP contribution in [0, 0.1) is 0 Å². The molecule has 56 valence electrons. The molecule has 2 nitrogen and oxygen atoms in total. The first-order valence-electron chi connectivity index (χ1n) is 3.78. The standard InChI is InChI=1S/C9H8O2/c10-8-4-5-9(11)7-3-1-2-6(7)8/h4-5H,1-3H2. The predicted octanol–water partition coefficient (Wildman–Crippen LogP) is 1.17. The molecule has 0 atom stereocenters. The van der Waals surface area contributed by atoms with Crippen LogP contribution in [0.5, 0.6) is 0 Å². The highest BCUT2D eigenvalue weighted by atomic mass is 16.1. The second kappa shape index (κ2) is 2.16. The van der Waals surface area contributed by atoms with Crippen molar-refractivity contribution < 1.29 is 9.59 Å². The first kappa shape index (κ1) is 6.53. The quantitative estimate of drug-likeness (QED) is 0.483. The maximum Gasteiger partial charge on any atom is 0.182 e. The molecule has 0 unspecified atom stereocenters. The first-order valence-corrected chi connectivity index (χ1v) is 3.78. The van der Waals surface area contributed by atoms with Crippen molar-refractivity contribution in [2.75, 3.05) is 0 Å². The molecule has 0 aromatic carbocycles. The van der Waals surface area contributed by atoms with Crippen molar-refractivity contribution in [2.45, 2.75) is 19.3 Å². The van der Waals surface area contributed by atoms with E-state index < -0.39 is 0 Å². The van der Waals surface area contributed by atoms with Gasteiger partial charge in [0.1, 0.15) is 0 Å². The van der Waals surface area contributed by atoms with Gasteiger partial charge in [-0.25, -0.2) is 0 Å². The third-order valence-electron chi connectivity index (χ3n) is 2.20. The molecule has 0 spiro atoms. The van der Waals surface area contributed by atoms with Crippen molar-refractivity contribution in [2.24, 2.45) is 0 Å². The Morgan fingerprint density at radius 3 is 1.82 bits per heavy atom. The zero-order valence-corrected chi connectivity index (χ0v) is 6.09. The molecule has 0 amide bonds. The summed E-state index contributed by atoms with van der Waals surface area (Å²) >= 11 is 0. The van der Waals surface area contributed by atoms with Crippen LogP contribution in [-0.2, 0) is 9.59 Å². The summed E-state index contributed by atoms with van der Waals surface area (Å²) in [6, 6.07) is 0. The van der Waals surface area contributed by atoms with Crippen molar-refractivity contribution >= 4 is 11.6 Å². The van der Waals surface area contributed by atoms with Crippen molar-refractivity contribution in [1.82, 2.24) is 0 Å². The van der Waals surface area contributed by atoms with Gasteiger partial charge < -0.3 is 0 Å². The Morgan fingerprint density at radius 2 is 1.36 bits per heavy atom. The van der Waals surface area contributed by atoms with Gasteiger partial charge in [-0.05, 0) is 31.4 Å². The lowest BCUT2D eigenvalue weighted by Crippen LogP contribution is -2.09. The number of ketones is 2. The molecule has 0 aliphatic heterocycles. The topological polar surface area (TPSA) is 34.1 Å². The number of hydrogen-bond acceptors (Lipinski definition) is 2. The minimum absolute atomic E-state index is 0.0390. The number of allylic oxidation sites excluding steroid dienone is 4. The fraction of sp³-hybridized carbons (Fsp3) is 0.333. The van der Waals surface area contributed by atoms with Crippen molar-refractivity contribution in [3.8, 4) is 0 Å². The highest BCUT2D eigenvalue weighted by molar-refractivity contribution is 6.20. The van der Waals surface area contributed by atoms with Gasteiger partial charge in [0.2, 0.25) is 0 Å². The summed E-state index contributed by atoms with van der Waals surface area (Å²) in [5, 5.41) is 0. The van der Waals surface area contributed by atoms with Crippen molar-refractivity contribution in [3.05, 3.63) is 23.3 Å². The molecule has 2 heteroatoms. The summed E-state index contributed by atoms with van der Waals surface area (Å²) in [6.45, 7) is 0. The maximum absolute atomic E-state index is 11.1. The molecule has 0 aromatic rings. The molecule has 0 bridgehead atoms. The molecule has 0 fully saturated rings. The summed E-state index contributed by atoms with van der Waals surface area (Å²) in [5.74, 6) is 0.0780. The Kier molecular flexibility index (Phi) is 1.28. The van der Waals surface area contributed by atoms with E-state index in [4.69, 9.17) is 0 Å². The van der Waals surface area contributed by atoms with Crippen LogP contribution in [0.4, 0.5) is 0 Å². The number of carbonyl (C=O) groups is 2. The summed E-state index contributed by atoms with van der Waals surface area (Å²) < 4.78 is 0. The number of rotatable bonds is 0. The molecular weight excluding hydrogens is 140 g/mol. The van der Waals surface area contributed by atoms with Gasteiger partial charge in [0.15, 0.2) is 11.6 Å². The van der Waals surface area contributed by atoms with E-state index in [0.29, 0.717) is 0 Å². The van der Waals surface area contributed by atoms with Crippen LogP contribution in [0.3, 0.4) is 0 Å². The largest absolute Gasteiger partial charge is 0.290 e. The molecular formula is C9H8O2. The van der Waals surface area contributed by atoms with Crippen LogP contribution in [-0.4, -0.2) is 11.6 Å². The first-order chi connectivity index (χ1) is 5.29. The molecule has 2 rings (SSSR count). The normalized spacial score (nSPS) is 22.9. The summed E-state index contributed by atoms with van der Waals surface area (Å²) in [5.41, 5.74) is 1.52. The van der Waals surface area contributed by atoms with E-state index in [9.17, 15) is 9.59 Å². The highest BCUT2D eigenvalue weighted by Crippen LogP contribution is 2.29. The lowest BCUT2D eigenvalue weighted by Gasteiger charge is -2.04. The molecule has 2 aliphatic carbocycles. The van der Waals surface area contributed by atoms with Gasteiger partial charge >= 0.3 is 0 Å². The van der Waals surface area contributed by atoms with Gasteiger partial charge in [0.05, 0.1) is 0 Å². The van der Waals surface area contributed by atoms with Crippen LogP contribution < -0.4 is 0 Å². The van der Waals surface area contributed by atoms with Crippen molar-refractivity contribution in [1.29, 1.82) is 0 Å². The second-order valence-corrected chi connectivity index (χ2v) is 2.87. The van der Waals surface area contributed by atoms with E-state index in [1.165, 1.54) is 12.2 Å². The fourth-order valence-electron chi connectivity index (χ4n) is 1.64. The molecule has 0 N–H and O–H groups in total. The van der Waals surface area contributed by atoms with Gasteiger partial charge in [0.25, 0.3) is 0 Å². The Bertz CT molecular complexity index is 267. The van der Waals surface area contributed by atoms with Crippen LogP contribution in [0.15, 0.2) is 23.3 Å². The molecule has 2 aliphatic rings. The SMILES string of the molecule is O=C1C=CC(=O)C2=C1CCC2. The zero-order valence-electron chi connectivity index (χ0n) is 6.09. The molecule has 11 heavy (non-hydrogen) atoms. The van der Waals surface area contributed by atoms with E-state index >= 15 is 0 Å². The van der Waals surface area contributed by atoms with Gasteiger partial charge in [-0.1, -0.05) is 0 Å². The Morgan fingerprint density at radius 1 is 0.909 bits per heavy atom. The number of carbonyl (C=O) groups excluding carboxylic acids is 2. The molecule has 0 saturated carbocycles. The van der Waals surface area contributed by atoms with Gasteiger partial charge in [0, 0.05) is 11.1 Å². The highest BCUT2D eigenvalue weighted by Gasteiger charge is 2.25. The van der Waals surface area contributed by atoms with E-state index in [1.807, 2.05) is 0 Å². The lowest BCUT2D eigenvalue weighted by atomic mass is 9.98. The molecule has 0 radical (unpaired) electrons. The average molecular weight is 148 g/mol. The predicted molar refractivity (Wildman–Crippen MR) is 40.0 cm³/mol. The van der Waals surface area contributed by atoms with E-state index in [2.05, 4.69) is 0 Å². The van der Waals surface area contributed by atoms with E-state index in [1.54, 1.807) is 0 Å². The zero-order chi connectivity index (χ0) is 7.84. The Hall–Kier alpha value is -1.18. The minimum Gasteiger partial charge on any atom is -0.290 e. The van der Waals surface area contributed by atoms with Gasteiger partial charge in [-0.2, -0.15) is 0 Å². The Labute approximate surface area is 64.6 Å². The van der Waals surface area contributed by atoms with Crippen molar-refractivity contribution in [3.63, 3.8) is 0 Å². The lowest BCUT2D eigenvalue weighted by molar-refractivity contribution is -0.115. The minimum atomic E-state index is 0.0390. The average Bonchev–Trinajstić information content (AvgIpc) is 2.45. The summed E-state index contributed by atoms with van der Waals surface area (Å²) in [7, 11) is 0. The van der Waals surface area contributed by atoms with Crippen LogP contribution >= 0.6 is 0 Å². The number of hydrogen-bond donors (Lipinski definition) is 0. The third kappa shape index (κ3) is 0.862. The molecule has 0 heterocycles. The second-order valence-electron chi connectivity index (χ2n) is 2.87. The van der Waals surface area contributed by atoms with Gasteiger partial charge in [-0.3, -0.25) is 9.59 Å². The molecule has 0 saturated heterocycles. The monoisotopic (exact) mass is 148 g/mol. The smallest absolute Gasteiger partial charge is 0.182 e. The summed E-state index contributed by atoms with van der Waals surface area (Å²) in [4.78, 5) is 22.2. The maximum atomic E-state index is 11.1.